The molecule has 22 heavy (non-hydrogen) atoms. The number of hydrogen-bond donors (Lipinski definition) is 0. The number of nitrogens with zero attached hydrogens (tertiary/aromatic N) is 2. The van der Waals surface area contributed by atoms with Crippen molar-refractivity contribution < 1.29 is 9.53 Å². The van der Waals surface area contributed by atoms with Gasteiger partial charge in [0.05, 0.1) is 11.2 Å². The first-order valence-corrected chi connectivity index (χ1v) is 7.37. The van der Waals surface area contributed by atoms with E-state index in [0.717, 1.165) is 5.56 Å². The molecule has 0 saturated carbocycles. The summed E-state index contributed by atoms with van der Waals surface area (Å²) in [4.78, 5) is 11.6. The molecular weight excluding hydrogens is 323 g/mol. The standard InChI is InChI=1S/C16H14Cl2N2O2/c1-20-11-12(10-19-20)4-7-16(21)22-8-2-3-13-5-6-14(17)9-15(13)18/h5-6,9-11H,4,7-8H2,1H3. The van der Waals surface area contributed by atoms with Gasteiger partial charge in [0.25, 0.3) is 0 Å². The number of rotatable bonds is 4. The molecule has 1 aromatic heterocycles. The van der Waals surface area contributed by atoms with Gasteiger partial charge in [0, 0.05) is 30.3 Å². The van der Waals surface area contributed by atoms with Crippen molar-refractivity contribution in [1.29, 1.82) is 0 Å². The third-order valence-corrected chi connectivity index (χ3v) is 3.38. The average molecular weight is 337 g/mol. The molecule has 0 aliphatic rings. The molecule has 2 aromatic rings. The van der Waals surface area contributed by atoms with Crippen molar-refractivity contribution in [3.63, 3.8) is 0 Å². The predicted octanol–water partition coefficient (Wildman–Crippen LogP) is 3.25. The molecule has 4 nitrogen and oxygen atoms in total. The second-order valence-corrected chi connectivity index (χ2v) is 5.45. The first-order valence-electron chi connectivity index (χ1n) is 6.61. The van der Waals surface area contributed by atoms with E-state index in [-0.39, 0.29) is 12.6 Å². The minimum absolute atomic E-state index is 0.0326. The monoisotopic (exact) mass is 336 g/mol. The normalized spacial score (nSPS) is 9.95. The van der Waals surface area contributed by atoms with Gasteiger partial charge in [-0.2, -0.15) is 5.10 Å². The minimum Gasteiger partial charge on any atom is -0.452 e. The molecule has 0 bridgehead atoms. The number of carbonyl (C=O) groups excluding carboxylic acids is 1. The highest BCUT2D eigenvalue weighted by Gasteiger charge is 2.04. The number of esters is 1. The lowest BCUT2D eigenvalue weighted by Crippen LogP contribution is -2.05. The SMILES string of the molecule is Cn1cc(CCC(=O)OCC#Cc2ccc(Cl)cc2Cl)cn1. The summed E-state index contributed by atoms with van der Waals surface area (Å²) in [6, 6.07) is 5.05. The van der Waals surface area contributed by atoms with Gasteiger partial charge in [-0.05, 0) is 30.2 Å². The Hall–Kier alpha value is -1.96. The highest BCUT2D eigenvalue weighted by molar-refractivity contribution is 6.35. The Bertz CT molecular complexity index is 729. The van der Waals surface area contributed by atoms with Crippen LogP contribution < -0.4 is 0 Å². The lowest BCUT2D eigenvalue weighted by atomic mass is 10.2. The molecule has 2 rings (SSSR count). The van der Waals surface area contributed by atoms with Gasteiger partial charge < -0.3 is 4.74 Å². The van der Waals surface area contributed by atoms with Crippen molar-refractivity contribution >= 4 is 29.2 Å². The number of aryl methyl sites for hydroxylation is 2. The smallest absolute Gasteiger partial charge is 0.307 e. The molecule has 0 radical (unpaired) electrons. The molecule has 0 spiro atoms. The minimum atomic E-state index is -0.291. The number of hydrogen-bond acceptors (Lipinski definition) is 3. The Morgan fingerprint density at radius 1 is 1.41 bits per heavy atom. The quantitative estimate of drug-likeness (QED) is 0.635. The van der Waals surface area contributed by atoms with Crippen molar-refractivity contribution in [3.05, 3.63) is 51.8 Å². The third-order valence-electron chi connectivity index (χ3n) is 2.84. The Morgan fingerprint density at radius 2 is 2.23 bits per heavy atom. The Morgan fingerprint density at radius 3 is 2.91 bits per heavy atom. The largest absolute Gasteiger partial charge is 0.452 e. The van der Waals surface area contributed by atoms with Gasteiger partial charge in [-0.1, -0.05) is 35.0 Å². The van der Waals surface area contributed by atoms with Crippen LogP contribution in [0.15, 0.2) is 30.6 Å². The van der Waals surface area contributed by atoms with Crippen molar-refractivity contribution in [2.24, 2.45) is 7.05 Å². The fourth-order valence-electron chi connectivity index (χ4n) is 1.76. The van der Waals surface area contributed by atoms with Crippen LogP contribution in [0.1, 0.15) is 17.5 Å². The maximum Gasteiger partial charge on any atom is 0.307 e. The summed E-state index contributed by atoms with van der Waals surface area (Å²) in [6.07, 6.45) is 4.50. The van der Waals surface area contributed by atoms with Crippen LogP contribution in [0.2, 0.25) is 10.0 Å². The second kappa shape index (κ2) is 7.88. The Balaban J connectivity index is 1.76. The molecule has 0 saturated heterocycles. The summed E-state index contributed by atoms with van der Waals surface area (Å²) < 4.78 is 6.74. The van der Waals surface area contributed by atoms with E-state index in [0.29, 0.717) is 28.5 Å². The molecule has 0 atom stereocenters. The van der Waals surface area contributed by atoms with Crippen LogP contribution in [-0.4, -0.2) is 22.4 Å². The molecule has 0 unspecified atom stereocenters. The lowest BCUT2D eigenvalue weighted by molar-refractivity contribution is -0.142. The summed E-state index contributed by atoms with van der Waals surface area (Å²) in [6.45, 7) is 0.0326. The van der Waals surface area contributed by atoms with Crippen LogP contribution >= 0.6 is 23.2 Å². The highest BCUT2D eigenvalue weighted by atomic mass is 35.5. The topological polar surface area (TPSA) is 44.1 Å². The maximum absolute atomic E-state index is 11.6. The van der Waals surface area contributed by atoms with Gasteiger partial charge in [0.15, 0.2) is 6.61 Å². The second-order valence-electron chi connectivity index (χ2n) is 4.61. The molecule has 0 amide bonds. The molecule has 1 heterocycles. The molecule has 0 aliphatic heterocycles. The van der Waals surface area contributed by atoms with Gasteiger partial charge in [0.1, 0.15) is 0 Å². The van der Waals surface area contributed by atoms with Gasteiger partial charge in [0.2, 0.25) is 0 Å². The number of aromatic nitrogens is 2. The van der Waals surface area contributed by atoms with Gasteiger partial charge >= 0.3 is 5.97 Å². The van der Waals surface area contributed by atoms with Gasteiger partial charge in [-0.3, -0.25) is 9.48 Å². The molecule has 0 aliphatic carbocycles. The van der Waals surface area contributed by atoms with Crippen molar-refractivity contribution in [1.82, 2.24) is 9.78 Å². The first kappa shape index (κ1) is 16.4. The molecule has 1 aromatic carbocycles. The van der Waals surface area contributed by atoms with E-state index in [1.807, 2.05) is 13.2 Å². The van der Waals surface area contributed by atoms with E-state index >= 15 is 0 Å². The van der Waals surface area contributed by atoms with E-state index in [1.54, 1.807) is 29.1 Å². The van der Waals surface area contributed by atoms with Crippen LogP contribution in [0.3, 0.4) is 0 Å². The van der Waals surface area contributed by atoms with E-state index < -0.39 is 0 Å². The number of ether oxygens (including phenoxy) is 1. The van der Waals surface area contributed by atoms with E-state index in [9.17, 15) is 4.79 Å². The van der Waals surface area contributed by atoms with Crippen molar-refractivity contribution in [2.45, 2.75) is 12.8 Å². The maximum atomic E-state index is 11.6. The summed E-state index contributed by atoms with van der Waals surface area (Å²) in [7, 11) is 1.83. The highest BCUT2D eigenvalue weighted by Crippen LogP contribution is 2.19. The summed E-state index contributed by atoms with van der Waals surface area (Å²) >= 11 is 11.8. The zero-order chi connectivity index (χ0) is 15.9. The Labute approximate surface area is 139 Å². The fraction of sp³-hybridized carbons (Fsp3) is 0.250. The molecule has 114 valence electrons. The number of carbonyl (C=O) groups is 1. The Kier molecular flexibility index (Phi) is 5.88. The predicted molar refractivity (Wildman–Crippen MR) is 85.8 cm³/mol. The van der Waals surface area contributed by atoms with Gasteiger partial charge in [-0.15, -0.1) is 0 Å². The zero-order valence-corrected chi connectivity index (χ0v) is 13.5. The van der Waals surface area contributed by atoms with Crippen LogP contribution in [0, 0.1) is 11.8 Å². The third kappa shape index (κ3) is 5.10. The van der Waals surface area contributed by atoms with Crippen LogP contribution in [-0.2, 0) is 23.0 Å². The summed E-state index contributed by atoms with van der Waals surface area (Å²) in [5.74, 6) is 5.31. The van der Waals surface area contributed by atoms with Crippen LogP contribution in [0.4, 0.5) is 0 Å². The average Bonchev–Trinajstić information content (AvgIpc) is 2.89. The van der Waals surface area contributed by atoms with Crippen LogP contribution in [0.25, 0.3) is 0 Å². The molecular formula is C16H14Cl2N2O2. The summed E-state index contributed by atoms with van der Waals surface area (Å²) in [5.41, 5.74) is 1.65. The molecule has 0 N–H and O–H groups in total. The molecule has 0 fully saturated rings. The van der Waals surface area contributed by atoms with E-state index in [2.05, 4.69) is 16.9 Å². The van der Waals surface area contributed by atoms with Gasteiger partial charge in [-0.25, -0.2) is 0 Å². The van der Waals surface area contributed by atoms with E-state index in [1.165, 1.54) is 0 Å². The number of benzene rings is 1. The lowest BCUT2D eigenvalue weighted by Gasteiger charge is -1.99. The fourth-order valence-corrected chi connectivity index (χ4v) is 2.21. The van der Waals surface area contributed by atoms with E-state index in [4.69, 9.17) is 27.9 Å². The van der Waals surface area contributed by atoms with Crippen LogP contribution in [0.5, 0.6) is 0 Å². The first-order chi connectivity index (χ1) is 10.5. The van der Waals surface area contributed by atoms with Crippen molar-refractivity contribution in [3.8, 4) is 11.8 Å². The number of halogens is 2. The molecule has 6 heteroatoms. The summed E-state index contributed by atoms with van der Waals surface area (Å²) in [5, 5.41) is 5.07. The van der Waals surface area contributed by atoms with Crippen molar-refractivity contribution in [2.75, 3.05) is 6.61 Å². The zero-order valence-electron chi connectivity index (χ0n) is 12.0.